The molecular weight excluding hydrogens is 290 g/mol. The second-order valence-corrected chi connectivity index (χ2v) is 11.6. The lowest BCUT2D eigenvalue weighted by atomic mass is 10.2. The minimum Gasteiger partial charge on any atom is -0.405 e. The van der Waals surface area contributed by atoms with Crippen LogP contribution in [0.4, 0.5) is 0 Å². The number of halogens is 1. The zero-order chi connectivity index (χ0) is 15.0. The minimum atomic E-state index is -1.05. The molecular formula is C14H22ClN3OSi. The lowest BCUT2D eigenvalue weighted by Crippen LogP contribution is -2.21. The molecule has 20 heavy (non-hydrogen) atoms. The van der Waals surface area contributed by atoms with Crippen LogP contribution in [0, 0.1) is 0 Å². The molecule has 0 unspecified atom stereocenters. The molecule has 4 nitrogen and oxygen atoms in total. The summed E-state index contributed by atoms with van der Waals surface area (Å²) < 4.78 is 5.56. The fourth-order valence-corrected chi connectivity index (χ4v) is 2.29. The second-order valence-electron chi connectivity index (χ2n) is 5.62. The van der Waals surface area contributed by atoms with E-state index in [9.17, 15) is 0 Å². The van der Waals surface area contributed by atoms with E-state index in [-0.39, 0.29) is 0 Å². The fourth-order valence-electron chi connectivity index (χ4n) is 1.42. The zero-order valence-corrected chi connectivity index (χ0v) is 14.0. The van der Waals surface area contributed by atoms with Crippen LogP contribution in [0.15, 0.2) is 35.6 Å². The molecule has 1 heterocycles. The molecule has 0 aliphatic rings. The summed E-state index contributed by atoms with van der Waals surface area (Å²) in [5.74, 6) is 0. The third-order valence-electron chi connectivity index (χ3n) is 2.60. The minimum absolute atomic E-state index is 0.326. The average molecular weight is 312 g/mol. The van der Waals surface area contributed by atoms with Gasteiger partial charge in [0.05, 0.1) is 5.71 Å². The monoisotopic (exact) mass is 311 g/mol. The van der Waals surface area contributed by atoms with Crippen molar-refractivity contribution in [3.8, 4) is 0 Å². The normalized spacial score (nSPS) is 13.1. The summed E-state index contributed by atoms with van der Waals surface area (Å²) >= 11 is 5.77. The van der Waals surface area contributed by atoms with E-state index in [1.807, 2.05) is 6.07 Å². The largest absolute Gasteiger partial charge is 0.405 e. The van der Waals surface area contributed by atoms with Gasteiger partial charge < -0.3 is 10.5 Å². The van der Waals surface area contributed by atoms with Gasteiger partial charge in [0.25, 0.3) is 0 Å². The number of ether oxygens (including phenoxy) is 1. The van der Waals surface area contributed by atoms with Gasteiger partial charge in [0.2, 0.25) is 0 Å². The maximum atomic E-state index is 5.77. The van der Waals surface area contributed by atoms with Gasteiger partial charge in [0.15, 0.2) is 0 Å². The molecule has 1 aromatic heterocycles. The summed E-state index contributed by atoms with van der Waals surface area (Å²) in [5.41, 5.74) is 7.05. The van der Waals surface area contributed by atoms with E-state index in [0.717, 1.165) is 23.9 Å². The van der Waals surface area contributed by atoms with Crippen molar-refractivity contribution in [1.29, 1.82) is 0 Å². The number of aromatic nitrogens is 1. The van der Waals surface area contributed by atoms with Gasteiger partial charge in [-0.2, -0.15) is 0 Å². The maximum Gasteiger partial charge on any atom is 0.138 e. The number of nitrogens with two attached hydrogens (primary N) is 1. The van der Waals surface area contributed by atoms with Gasteiger partial charge in [0, 0.05) is 26.4 Å². The first-order valence-corrected chi connectivity index (χ1v) is 10.6. The van der Waals surface area contributed by atoms with Crippen molar-refractivity contribution < 1.29 is 4.74 Å². The van der Waals surface area contributed by atoms with Crippen LogP contribution in [-0.4, -0.2) is 32.1 Å². The predicted molar refractivity (Wildman–Crippen MR) is 88.1 cm³/mol. The fraction of sp³-hybridized carbons (Fsp3) is 0.429. The van der Waals surface area contributed by atoms with E-state index >= 15 is 0 Å². The summed E-state index contributed by atoms with van der Waals surface area (Å²) in [6.45, 7) is 8.04. The van der Waals surface area contributed by atoms with Crippen LogP contribution in [0.1, 0.15) is 5.56 Å². The average Bonchev–Trinajstić information content (AvgIpc) is 2.37. The number of aliphatic imine (C=N–C) groups is 1. The first kappa shape index (κ1) is 16.9. The van der Waals surface area contributed by atoms with Crippen LogP contribution in [0.25, 0.3) is 0 Å². The highest BCUT2D eigenvalue weighted by Gasteiger charge is 2.11. The van der Waals surface area contributed by atoms with Gasteiger partial charge in [-0.05, 0) is 30.5 Å². The van der Waals surface area contributed by atoms with Crippen LogP contribution < -0.4 is 5.73 Å². The van der Waals surface area contributed by atoms with Crippen LogP contribution in [-0.2, 0) is 4.74 Å². The Hall–Kier alpha value is -1.17. The topological polar surface area (TPSA) is 60.5 Å². The Balaban J connectivity index is 2.58. The van der Waals surface area contributed by atoms with E-state index in [1.165, 1.54) is 6.20 Å². The molecule has 0 saturated carbocycles. The van der Waals surface area contributed by atoms with Crippen LogP contribution in [0.5, 0.6) is 0 Å². The highest BCUT2D eigenvalue weighted by molar-refractivity contribution is 6.76. The molecule has 0 atom stereocenters. The van der Waals surface area contributed by atoms with Crippen LogP contribution >= 0.6 is 11.6 Å². The third-order valence-corrected chi connectivity index (χ3v) is 4.53. The van der Waals surface area contributed by atoms with E-state index in [4.69, 9.17) is 22.1 Å². The quantitative estimate of drug-likeness (QED) is 0.364. The van der Waals surface area contributed by atoms with Gasteiger partial charge in [0.1, 0.15) is 11.9 Å². The molecule has 1 rings (SSSR count). The molecule has 0 bridgehead atoms. The van der Waals surface area contributed by atoms with Gasteiger partial charge in [-0.3, -0.25) is 4.99 Å². The van der Waals surface area contributed by atoms with Gasteiger partial charge >= 0.3 is 0 Å². The first-order chi connectivity index (χ1) is 9.42. The molecule has 0 aromatic carbocycles. The molecule has 1 aromatic rings. The SMILES string of the molecule is C[Si](C)(C)CCOCN=C(C=CN)c1ccc(Cl)nc1. The van der Waals surface area contributed by atoms with Crippen molar-refractivity contribution in [2.75, 3.05) is 13.3 Å². The molecule has 6 heteroatoms. The van der Waals surface area contributed by atoms with E-state index in [2.05, 4.69) is 29.6 Å². The molecule has 2 N–H and O–H groups in total. The smallest absolute Gasteiger partial charge is 0.138 e. The maximum absolute atomic E-state index is 5.77. The first-order valence-electron chi connectivity index (χ1n) is 6.55. The molecule has 0 saturated heterocycles. The number of nitrogens with zero attached hydrogens (tertiary/aromatic N) is 2. The summed E-state index contributed by atoms with van der Waals surface area (Å²) in [5, 5.41) is 0.455. The van der Waals surface area contributed by atoms with Crippen molar-refractivity contribution in [3.63, 3.8) is 0 Å². The number of hydrogen-bond acceptors (Lipinski definition) is 4. The Morgan fingerprint density at radius 3 is 2.75 bits per heavy atom. The molecule has 0 fully saturated rings. The van der Waals surface area contributed by atoms with Crippen molar-refractivity contribution in [1.82, 2.24) is 4.98 Å². The van der Waals surface area contributed by atoms with Crippen LogP contribution in [0.3, 0.4) is 0 Å². The highest BCUT2D eigenvalue weighted by Crippen LogP contribution is 2.09. The van der Waals surface area contributed by atoms with E-state index < -0.39 is 8.07 Å². The van der Waals surface area contributed by atoms with Crippen molar-refractivity contribution in [3.05, 3.63) is 41.3 Å². The number of allylic oxidation sites excluding steroid dienone is 1. The molecule has 0 spiro atoms. The standard InChI is InChI=1S/C14H22ClN3OSi/c1-20(2,3)9-8-19-11-18-13(6-7-16)12-4-5-14(15)17-10-12/h4-7,10H,8-9,11,16H2,1-3H3. The lowest BCUT2D eigenvalue weighted by molar-refractivity contribution is 0.155. The van der Waals surface area contributed by atoms with Gasteiger partial charge in [-0.1, -0.05) is 31.2 Å². The summed E-state index contributed by atoms with van der Waals surface area (Å²) in [4.78, 5) is 8.43. The molecule has 110 valence electrons. The second kappa shape index (κ2) is 8.19. The Labute approximate surface area is 126 Å². The van der Waals surface area contributed by atoms with Crippen LogP contribution in [0.2, 0.25) is 30.8 Å². The Morgan fingerprint density at radius 2 is 2.20 bits per heavy atom. The van der Waals surface area contributed by atoms with Crippen molar-refractivity contribution in [2.45, 2.75) is 25.7 Å². The molecule has 0 radical (unpaired) electrons. The van der Waals surface area contributed by atoms with Crippen molar-refractivity contribution in [2.24, 2.45) is 10.7 Å². The Bertz CT molecular complexity index is 466. The summed E-state index contributed by atoms with van der Waals surface area (Å²) in [6.07, 6.45) is 4.85. The zero-order valence-electron chi connectivity index (χ0n) is 12.3. The summed E-state index contributed by atoms with van der Waals surface area (Å²) in [6, 6.07) is 4.71. The number of hydrogen-bond donors (Lipinski definition) is 1. The van der Waals surface area contributed by atoms with E-state index in [0.29, 0.717) is 11.9 Å². The van der Waals surface area contributed by atoms with Gasteiger partial charge in [-0.25, -0.2) is 4.98 Å². The lowest BCUT2D eigenvalue weighted by Gasteiger charge is -2.14. The predicted octanol–water partition coefficient (Wildman–Crippen LogP) is 3.31. The molecule has 0 amide bonds. The van der Waals surface area contributed by atoms with Crippen molar-refractivity contribution >= 4 is 25.4 Å². The summed E-state index contributed by atoms with van der Waals surface area (Å²) in [7, 11) is -1.05. The Kier molecular flexibility index (Phi) is 6.91. The van der Waals surface area contributed by atoms with Gasteiger partial charge in [-0.15, -0.1) is 0 Å². The highest BCUT2D eigenvalue weighted by atomic mass is 35.5. The third kappa shape index (κ3) is 6.84. The molecule has 0 aliphatic carbocycles. The number of pyridine rings is 1. The molecule has 0 aliphatic heterocycles. The Morgan fingerprint density at radius 1 is 1.45 bits per heavy atom. The van der Waals surface area contributed by atoms with E-state index in [1.54, 1.807) is 18.3 Å². The number of rotatable bonds is 7.